The van der Waals surface area contributed by atoms with Crippen LogP contribution in [0.5, 0.6) is 0 Å². The van der Waals surface area contributed by atoms with Gasteiger partial charge in [-0.05, 0) is 18.3 Å². The molecule has 0 fully saturated rings. The second kappa shape index (κ2) is 8.08. The SMILES string of the molecule is CC(C)CN(CCC(O)CO)CC(C)C. The predicted octanol–water partition coefficient (Wildman–Crippen LogP) is 1.34. The molecule has 0 aromatic rings. The van der Waals surface area contributed by atoms with Crippen LogP contribution in [0.3, 0.4) is 0 Å². The number of rotatable bonds is 8. The molecule has 0 heterocycles. The zero-order chi connectivity index (χ0) is 11.8. The Labute approximate surface area is 94.1 Å². The Kier molecular flexibility index (Phi) is 8.02. The minimum Gasteiger partial charge on any atom is -0.394 e. The first-order valence-corrected chi connectivity index (χ1v) is 5.97. The molecule has 0 aliphatic rings. The molecule has 92 valence electrons. The Morgan fingerprint density at radius 3 is 1.80 bits per heavy atom. The molecule has 2 N–H and O–H groups in total. The lowest BCUT2D eigenvalue weighted by Crippen LogP contribution is -2.34. The van der Waals surface area contributed by atoms with Gasteiger partial charge < -0.3 is 15.1 Å². The average molecular weight is 217 g/mol. The van der Waals surface area contributed by atoms with E-state index >= 15 is 0 Å². The van der Waals surface area contributed by atoms with Crippen molar-refractivity contribution in [3.63, 3.8) is 0 Å². The van der Waals surface area contributed by atoms with Gasteiger partial charge in [0.05, 0.1) is 12.7 Å². The zero-order valence-electron chi connectivity index (χ0n) is 10.6. The van der Waals surface area contributed by atoms with Crippen LogP contribution in [0.25, 0.3) is 0 Å². The number of aliphatic hydroxyl groups excluding tert-OH is 2. The highest BCUT2D eigenvalue weighted by Gasteiger charge is 2.11. The summed E-state index contributed by atoms with van der Waals surface area (Å²) in [5, 5.41) is 18.0. The summed E-state index contributed by atoms with van der Waals surface area (Å²) >= 11 is 0. The fraction of sp³-hybridized carbons (Fsp3) is 1.00. The lowest BCUT2D eigenvalue weighted by molar-refractivity contribution is 0.0739. The average Bonchev–Trinajstić information content (AvgIpc) is 2.11. The van der Waals surface area contributed by atoms with Gasteiger partial charge in [0.25, 0.3) is 0 Å². The normalized spacial score (nSPS) is 14.2. The van der Waals surface area contributed by atoms with Gasteiger partial charge in [-0.3, -0.25) is 0 Å². The van der Waals surface area contributed by atoms with Gasteiger partial charge in [-0.25, -0.2) is 0 Å². The van der Waals surface area contributed by atoms with Crippen LogP contribution in [0.1, 0.15) is 34.1 Å². The molecule has 1 atom stereocenters. The summed E-state index contributed by atoms with van der Waals surface area (Å²) in [6.07, 6.45) is 0.0995. The van der Waals surface area contributed by atoms with Crippen LogP contribution in [0, 0.1) is 11.8 Å². The minimum atomic E-state index is -0.563. The standard InChI is InChI=1S/C12H27NO2/c1-10(2)7-13(8-11(3)4)6-5-12(15)9-14/h10-12,14-15H,5-9H2,1-4H3. The molecule has 15 heavy (non-hydrogen) atoms. The Morgan fingerprint density at radius 2 is 1.47 bits per heavy atom. The Morgan fingerprint density at radius 1 is 1.00 bits per heavy atom. The lowest BCUT2D eigenvalue weighted by Gasteiger charge is -2.26. The van der Waals surface area contributed by atoms with E-state index in [0.29, 0.717) is 18.3 Å². The van der Waals surface area contributed by atoms with E-state index in [0.717, 1.165) is 19.6 Å². The molecule has 0 aromatic carbocycles. The first kappa shape index (κ1) is 14.9. The van der Waals surface area contributed by atoms with E-state index in [1.807, 2.05) is 0 Å². The molecule has 0 spiro atoms. The number of aliphatic hydroxyl groups is 2. The van der Waals surface area contributed by atoms with Gasteiger partial charge in [0.15, 0.2) is 0 Å². The zero-order valence-corrected chi connectivity index (χ0v) is 10.6. The maximum atomic E-state index is 9.30. The summed E-state index contributed by atoms with van der Waals surface area (Å²) in [6.45, 7) is 11.7. The van der Waals surface area contributed by atoms with E-state index < -0.39 is 6.10 Å². The summed E-state index contributed by atoms with van der Waals surface area (Å²) in [5.41, 5.74) is 0. The highest BCUT2D eigenvalue weighted by molar-refractivity contribution is 4.65. The second-order valence-electron chi connectivity index (χ2n) is 5.17. The van der Waals surface area contributed by atoms with Gasteiger partial charge in [-0.2, -0.15) is 0 Å². The van der Waals surface area contributed by atoms with Gasteiger partial charge in [-0.1, -0.05) is 27.7 Å². The predicted molar refractivity (Wildman–Crippen MR) is 63.8 cm³/mol. The maximum Gasteiger partial charge on any atom is 0.0783 e. The molecule has 3 nitrogen and oxygen atoms in total. The van der Waals surface area contributed by atoms with Gasteiger partial charge in [0.2, 0.25) is 0 Å². The molecule has 1 unspecified atom stereocenters. The fourth-order valence-corrected chi connectivity index (χ4v) is 1.71. The van der Waals surface area contributed by atoms with E-state index in [1.165, 1.54) is 0 Å². The molecule has 3 heteroatoms. The van der Waals surface area contributed by atoms with Crippen LogP contribution >= 0.6 is 0 Å². The molecule has 0 saturated carbocycles. The quantitative estimate of drug-likeness (QED) is 0.645. The first-order chi connectivity index (χ1) is 6.95. The van der Waals surface area contributed by atoms with Crippen molar-refractivity contribution in [3.05, 3.63) is 0 Å². The van der Waals surface area contributed by atoms with Crippen LogP contribution < -0.4 is 0 Å². The summed E-state index contributed by atoms with van der Waals surface area (Å²) in [5.74, 6) is 1.30. The van der Waals surface area contributed by atoms with E-state index in [9.17, 15) is 5.11 Å². The van der Waals surface area contributed by atoms with E-state index in [-0.39, 0.29) is 6.61 Å². The molecule has 0 amide bonds. The molecule has 0 aliphatic heterocycles. The molecule has 0 bridgehead atoms. The summed E-state index contributed by atoms with van der Waals surface area (Å²) in [4.78, 5) is 2.37. The van der Waals surface area contributed by atoms with Gasteiger partial charge >= 0.3 is 0 Å². The van der Waals surface area contributed by atoms with Crippen LogP contribution in [0.2, 0.25) is 0 Å². The highest BCUT2D eigenvalue weighted by atomic mass is 16.3. The molecule has 0 aromatic heterocycles. The van der Waals surface area contributed by atoms with E-state index in [4.69, 9.17) is 5.11 Å². The van der Waals surface area contributed by atoms with Gasteiger partial charge in [0, 0.05) is 19.6 Å². The minimum absolute atomic E-state index is 0.128. The molecule has 0 saturated heterocycles. The lowest BCUT2D eigenvalue weighted by atomic mass is 10.1. The van der Waals surface area contributed by atoms with Crippen molar-refractivity contribution in [3.8, 4) is 0 Å². The summed E-state index contributed by atoms with van der Waals surface area (Å²) in [6, 6.07) is 0. The Balaban J connectivity index is 3.89. The first-order valence-electron chi connectivity index (χ1n) is 5.97. The Bertz CT molecular complexity index is 139. The third-order valence-corrected chi connectivity index (χ3v) is 2.24. The van der Waals surface area contributed by atoms with E-state index in [1.54, 1.807) is 0 Å². The van der Waals surface area contributed by atoms with Crippen LogP contribution in [-0.2, 0) is 0 Å². The van der Waals surface area contributed by atoms with E-state index in [2.05, 4.69) is 32.6 Å². The molecular formula is C12H27NO2. The van der Waals surface area contributed by atoms with Crippen molar-refractivity contribution in [2.75, 3.05) is 26.2 Å². The summed E-state index contributed by atoms with van der Waals surface area (Å²) in [7, 11) is 0. The monoisotopic (exact) mass is 217 g/mol. The van der Waals surface area contributed by atoms with Crippen molar-refractivity contribution in [2.24, 2.45) is 11.8 Å². The van der Waals surface area contributed by atoms with Crippen molar-refractivity contribution >= 4 is 0 Å². The molecule has 0 aliphatic carbocycles. The third-order valence-electron chi connectivity index (χ3n) is 2.24. The highest BCUT2D eigenvalue weighted by Crippen LogP contribution is 2.05. The number of hydrogen-bond donors (Lipinski definition) is 2. The second-order valence-corrected chi connectivity index (χ2v) is 5.17. The van der Waals surface area contributed by atoms with Crippen molar-refractivity contribution < 1.29 is 10.2 Å². The van der Waals surface area contributed by atoms with Gasteiger partial charge in [0.1, 0.15) is 0 Å². The van der Waals surface area contributed by atoms with Crippen LogP contribution in [0.4, 0.5) is 0 Å². The largest absolute Gasteiger partial charge is 0.394 e. The van der Waals surface area contributed by atoms with Crippen molar-refractivity contribution in [1.29, 1.82) is 0 Å². The third kappa shape index (κ3) is 8.85. The molecule has 0 radical (unpaired) electrons. The fourth-order valence-electron chi connectivity index (χ4n) is 1.71. The summed E-state index contributed by atoms with van der Waals surface area (Å²) < 4.78 is 0. The van der Waals surface area contributed by atoms with Crippen LogP contribution in [0.15, 0.2) is 0 Å². The molecule has 0 rings (SSSR count). The number of nitrogens with zero attached hydrogens (tertiary/aromatic N) is 1. The smallest absolute Gasteiger partial charge is 0.0783 e. The molecular weight excluding hydrogens is 190 g/mol. The van der Waals surface area contributed by atoms with Crippen LogP contribution in [-0.4, -0.2) is 47.5 Å². The van der Waals surface area contributed by atoms with Crippen molar-refractivity contribution in [2.45, 2.75) is 40.2 Å². The Hall–Kier alpha value is -0.120. The topological polar surface area (TPSA) is 43.7 Å². The van der Waals surface area contributed by atoms with Gasteiger partial charge in [-0.15, -0.1) is 0 Å². The maximum absolute atomic E-state index is 9.30. The van der Waals surface area contributed by atoms with Crippen molar-refractivity contribution in [1.82, 2.24) is 4.90 Å². The number of hydrogen-bond acceptors (Lipinski definition) is 3.